The maximum Gasteiger partial charge on any atom is 0.237 e. The molecule has 0 aliphatic carbocycles. The number of anilines is 3. The van der Waals surface area contributed by atoms with Crippen molar-refractivity contribution in [3.05, 3.63) is 59.9 Å². The van der Waals surface area contributed by atoms with Crippen molar-refractivity contribution in [2.24, 2.45) is 0 Å². The van der Waals surface area contributed by atoms with E-state index in [1.807, 2.05) is 31.2 Å². The Morgan fingerprint density at radius 3 is 2.59 bits per heavy atom. The number of amides is 1. The van der Waals surface area contributed by atoms with E-state index in [4.69, 9.17) is 4.74 Å². The summed E-state index contributed by atoms with van der Waals surface area (Å²) in [5, 5.41) is 14.7. The van der Waals surface area contributed by atoms with Crippen molar-refractivity contribution >= 4 is 45.5 Å². The first kappa shape index (κ1) is 22.5. The number of aromatic nitrogens is 2. The second-order valence-electron chi connectivity index (χ2n) is 7.25. The second-order valence-corrected chi connectivity index (χ2v) is 9.81. The minimum absolute atomic E-state index is 0.0925. The van der Waals surface area contributed by atoms with Gasteiger partial charge >= 0.3 is 0 Å². The Morgan fingerprint density at radius 2 is 1.88 bits per heavy atom. The van der Waals surface area contributed by atoms with Crippen LogP contribution in [0.3, 0.4) is 0 Å². The van der Waals surface area contributed by atoms with Crippen LogP contribution >= 0.6 is 23.1 Å². The number of rotatable bonds is 8. The topological polar surface area (TPSA) is 79.4 Å². The highest BCUT2D eigenvalue weighted by Crippen LogP contribution is 2.30. The molecule has 168 valence electrons. The summed E-state index contributed by atoms with van der Waals surface area (Å²) < 4.78 is 19.1. The number of benzene rings is 2. The average Bonchev–Trinajstić information content (AvgIpc) is 3.27. The lowest BCUT2D eigenvalue weighted by molar-refractivity contribution is -0.115. The van der Waals surface area contributed by atoms with Gasteiger partial charge in [-0.2, -0.15) is 0 Å². The summed E-state index contributed by atoms with van der Waals surface area (Å²) in [5.41, 5.74) is 2.84. The van der Waals surface area contributed by atoms with Gasteiger partial charge in [0.1, 0.15) is 5.82 Å². The summed E-state index contributed by atoms with van der Waals surface area (Å²) in [5.74, 6) is -0.353. The minimum atomic E-state index is -0.327. The molecule has 0 radical (unpaired) electrons. The molecule has 32 heavy (non-hydrogen) atoms. The van der Waals surface area contributed by atoms with Crippen LogP contribution in [0.4, 0.5) is 20.9 Å². The van der Waals surface area contributed by atoms with E-state index in [2.05, 4.69) is 25.7 Å². The number of hydrogen-bond donors (Lipinski definition) is 2. The van der Waals surface area contributed by atoms with Crippen molar-refractivity contribution in [2.45, 2.75) is 23.1 Å². The summed E-state index contributed by atoms with van der Waals surface area (Å²) in [6.45, 7) is 5.60. The number of morpholine rings is 1. The third-order valence-electron chi connectivity index (χ3n) is 4.92. The lowest BCUT2D eigenvalue weighted by Gasteiger charge is -2.28. The highest BCUT2D eigenvalue weighted by atomic mass is 32.2. The van der Waals surface area contributed by atoms with E-state index in [0.717, 1.165) is 43.2 Å². The predicted molar refractivity (Wildman–Crippen MR) is 127 cm³/mol. The molecule has 3 aromatic rings. The van der Waals surface area contributed by atoms with Crippen LogP contribution in [0.25, 0.3) is 0 Å². The van der Waals surface area contributed by atoms with Gasteiger partial charge in [0.15, 0.2) is 4.34 Å². The third kappa shape index (κ3) is 6.18. The van der Waals surface area contributed by atoms with Crippen molar-refractivity contribution in [1.82, 2.24) is 10.2 Å². The Bertz CT molecular complexity index is 1020. The molecule has 4 rings (SSSR count). The van der Waals surface area contributed by atoms with Crippen LogP contribution in [0.15, 0.2) is 52.9 Å². The molecule has 2 N–H and O–H groups in total. The van der Waals surface area contributed by atoms with Gasteiger partial charge in [0.05, 0.1) is 18.5 Å². The quantitative estimate of drug-likeness (QED) is 0.474. The maximum atomic E-state index is 13.0. The van der Waals surface area contributed by atoms with Crippen LogP contribution in [0.2, 0.25) is 0 Å². The zero-order valence-corrected chi connectivity index (χ0v) is 19.2. The Hall–Kier alpha value is -2.69. The summed E-state index contributed by atoms with van der Waals surface area (Å²) in [6.07, 6.45) is 0. The molecule has 1 aliphatic heterocycles. The molecule has 1 saturated heterocycles. The van der Waals surface area contributed by atoms with Gasteiger partial charge in [0.25, 0.3) is 0 Å². The van der Waals surface area contributed by atoms with Crippen LogP contribution in [-0.2, 0) is 16.1 Å². The van der Waals surface area contributed by atoms with Gasteiger partial charge in [0, 0.05) is 31.0 Å². The molecule has 0 bridgehead atoms. The summed E-state index contributed by atoms with van der Waals surface area (Å²) >= 11 is 2.75. The van der Waals surface area contributed by atoms with Crippen LogP contribution < -0.4 is 15.5 Å². The Kier molecular flexibility index (Phi) is 7.56. The number of nitrogens with zero attached hydrogens (tertiary/aromatic N) is 3. The lowest BCUT2D eigenvalue weighted by Crippen LogP contribution is -2.36. The van der Waals surface area contributed by atoms with Crippen molar-refractivity contribution in [3.63, 3.8) is 0 Å². The average molecular weight is 474 g/mol. The third-order valence-corrected chi connectivity index (χ3v) is 6.99. The molecular weight excluding hydrogens is 449 g/mol. The largest absolute Gasteiger partial charge is 0.378 e. The fraction of sp³-hybridized carbons (Fsp3) is 0.318. The monoisotopic (exact) mass is 473 g/mol. The lowest BCUT2D eigenvalue weighted by atomic mass is 10.2. The SMILES string of the molecule is CC(Sc1nnc(NCc2ccc(F)cc2)s1)C(=O)Nc1ccc(N2CCOCC2)cc1. The number of halogens is 1. The fourth-order valence-corrected chi connectivity index (χ4v) is 5.03. The van der Waals surface area contributed by atoms with E-state index in [1.54, 1.807) is 12.1 Å². The van der Waals surface area contributed by atoms with E-state index in [0.29, 0.717) is 16.0 Å². The van der Waals surface area contributed by atoms with Gasteiger partial charge in [0.2, 0.25) is 11.0 Å². The van der Waals surface area contributed by atoms with Gasteiger partial charge in [-0.05, 0) is 48.9 Å². The predicted octanol–water partition coefficient (Wildman–Crippen LogP) is 4.25. The molecule has 1 amide bonds. The number of ether oxygens (including phenoxy) is 1. The van der Waals surface area contributed by atoms with Crippen LogP contribution in [-0.4, -0.2) is 47.7 Å². The van der Waals surface area contributed by atoms with E-state index in [-0.39, 0.29) is 17.0 Å². The highest BCUT2D eigenvalue weighted by molar-refractivity contribution is 8.02. The Morgan fingerprint density at radius 1 is 1.16 bits per heavy atom. The van der Waals surface area contributed by atoms with Crippen LogP contribution in [0.1, 0.15) is 12.5 Å². The molecule has 10 heteroatoms. The van der Waals surface area contributed by atoms with E-state index in [1.165, 1.54) is 35.2 Å². The smallest absolute Gasteiger partial charge is 0.237 e. The van der Waals surface area contributed by atoms with Crippen molar-refractivity contribution in [1.29, 1.82) is 0 Å². The fourth-order valence-electron chi connectivity index (χ4n) is 3.13. The van der Waals surface area contributed by atoms with Gasteiger partial charge in [-0.25, -0.2) is 4.39 Å². The zero-order valence-electron chi connectivity index (χ0n) is 17.6. The molecular formula is C22H24FN5O2S2. The Balaban J connectivity index is 1.25. The normalized spacial score (nSPS) is 14.8. The molecule has 2 aromatic carbocycles. The van der Waals surface area contributed by atoms with Crippen molar-refractivity contribution in [2.75, 3.05) is 41.8 Å². The molecule has 1 unspecified atom stereocenters. The molecule has 7 nitrogen and oxygen atoms in total. The number of carbonyl (C=O) groups excluding carboxylic acids is 1. The molecule has 1 atom stereocenters. The number of hydrogen-bond acceptors (Lipinski definition) is 8. The standard InChI is InChI=1S/C22H24FN5O2S2/c1-15(20(29)25-18-6-8-19(9-7-18)28-10-12-30-13-11-28)31-22-27-26-21(32-22)24-14-16-2-4-17(23)5-3-16/h2-9,15H,10-14H2,1H3,(H,24,26)(H,25,29). The molecule has 1 aromatic heterocycles. The molecule has 0 saturated carbocycles. The van der Waals surface area contributed by atoms with E-state index >= 15 is 0 Å². The summed E-state index contributed by atoms with van der Waals surface area (Å²) in [6, 6.07) is 14.2. The second kappa shape index (κ2) is 10.8. The maximum absolute atomic E-state index is 13.0. The van der Waals surface area contributed by atoms with E-state index in [9.17, 15) is 9.18 Å². The minimum Gasteiger partial charge on any atom is -0.378 e. The number of thioether (sulfide) groups is 1. The molecule has 1 fully saturated rings. The van der Waals surface area contributed by atoms with Gasteiger partial charge in [-0.15, -0.1) is 10.2 Å². The zero-order chi connectivity index (χ0) is 22.3. The highest BCUT2D eigenvalue weighted by Gasteiger charge is 2.18. The van der Waals surface area contributed by atoms with Crippen LogP contribution in [0.5, 0.6) is 0 Å². The summed E-state index contributed by atoms with van der Waals surface area (Å²) in [4.78, 5) is 14.9. The summed E-state index contributed by atoms with van der Waals surface area (Å²) in [7, 11) is 0. The van der Waals surface area contributed by atoms with Crippen LogP contribution in [0, 0.1) is 5.82 Å². The number of carbonyl (C=O) groups is 1. The van der Waals surface area contributed by atoms with Crippen molar-refractivity contribution < 1.29 is 13.9 Å². The number of nitrogens with one attached hydrogen (secondary N) is 2. The van der Waals surface area contributed by atoms with Gasteiger partial charge in [-0.1, -0.05) is 35.2 Å². The van der Waals surface area contributed by atoms with Gasteiger partial charge in [-0.3, -0.25) is 4.79 Å². The first-order chi connectivity index (χ1) is 15.6. The molecule has 0 spiro atoms. The first-order valence-corrected chi connectivity index (χ1v) is 12.0. The molecule has 1 aliphatic rings. The first-order valence-electron chi connectivity index (χ1n) is 10.3. The van der Waals surface area contributed by atoms with Crippen molar-refractivity contribution in [3.8, 4) is 0 Å². The van der Waals surface area contributed by atoms with Gasteiger partial charge < -0.3 is 20.3 Å². The Labute approximate surface area is 194 Å². The van der Waals surface area contributed by atoms with E-state index < -0.39 is 0 Å². The molecule has 2 heterocycles.